The third kappa shape index (κ3) is 2.23. The summed E-state index contributed by atoms with van der Waals surface area (Å²) in [5.74, 6) is 5.26. The van der Waals surface area contributed by atoms with Gasteiger partial charge in [0.2, 0.25) is 0 Å². The first kappa shape index (κ1) is 17.7. The number of carbonyl (C=O) groups excluding carboxylic acids is 1. The molecule has 0 radical (unpaired) electrons. The second kappa shape index (κ2) is 5.82. The van der Waals surface area contributed by atoms with Gasteiger partial charge in [0.15, 0.2) is 0 Å². The maximum absolute atomic E-state index is 12.0. The first-order valence-corrected chi connectivity index (χ1v) is 11.6. The van der Waals surface area contributed by atoms with Crippen molar-refractivity contribution in [1.82, 2.24) is 5.32 Å². The number of piperidine rings is 1. The van der Waals surface area contributed by atoms with Crippen molar-refractivity contribution in [2.45, 2.75) is 90.5 Å². The number of aldehydes is 1. The number of carbonyl (C=O) groups is 1. The van der Waals surface area contributed by atoms with Crippen molar-refractivity contribution in [2.24, 2.45) is 46.3 Å². The summed E-state index contributed by atoms with van der Waals surface area (Å²) >= 11 is 0. The van der Waals surface area contributed by atoms with Gasteiger partial charge in [0.05, 0.1) is 0 Å². The zero-order valence-electron chi connectivity index (χ0n) is 17.2. The Hall–Kier alpha value is -0.370. The number of hydrogen-bond donors (Lipinski definition) is 1. The lowest BCUT2D eigenvalue weighted by molar-refractivity contribution is -0.146. The minimum absolute atomic E-state index is 0.0891. The fraction of sp³-hybridized carbons (Fsp3) is 0.958. The van der Waals surface area contributed by atoms with Gasteiger partial charge in [-0.1, -0.05) is 13.3 Å². The summed E-state index contributed by atoms with van der Waals surface area (Å²) in [5, 5.41) is 3.84. The molecule has 0 aromatic carbocycles. The van der Waals surface area contributed by atoms with Gasteiger partial charge in [-0.25, -0.2) is 0 Å². The van der Waals surface area contributed by atoms with Crippen molar-refractivity contribution < 1.29 is 4.79 Å². The maximum Gasteiger partial charge on any atom is 0.126 e. The van der Waals surface area contributed by atoms with E-state index < -0.39 is 0 Å². The quantitative estimate of drug-likeness (QED) is 0.653. The zero-order valence-corrected chi connectivity index (χ0v) is 17.2. The summed E-state index contributed by atoms with van der Waals surface area (Å²) in [6.45, 7) is 8.77. The van der Waals surface area contributed by atoms with Crippen LogP contribution < -0.4 is 5.32 Å². The molecule has 5 aliphatic rings. The van der Waals surface area contributed by atoms with E-state index in [9.17, 15) is 4.79 Å². The Kier molecular flexibility index (Phi) is 3.96. The third-order valence-electron chi connectivity index (χ3n) is 10.6. The van der Waals surface area contributed by atoms with Crippen LogP contribution in [0.2, 0.25) is 0 Å². The third-order valence-corrected chi connectivity index (χ3v) is 10.6. The Morgan fingerprint density at radius 2 is 1.58 bits per heavy atom. The highest BCUT2D eigenvalue weighted by Crippen LogP contribution is 2.66. The minimum Gasteiger partial charge on any atom is -0.311 e. The molecule has 8 atom stereocenters. The smallest absolute Gasteiger partial charge is 0.126 e. The molecule has 1 N–H and O–H groups in total. The Morgan fingerprint density at radius 3 is 2.38 bits per heavy atom. The summed E-state index contributed by atoms with van der Waals surface area (Å²) in [6, 6.07) is 0. The van der Waals surface area contributed by atoms with Gasteiger partial charge in [0, 0.05) is 11.0 Å². The first-order chi connectivity index (χ1) is 12.4. The van der Waals surface area contributed by atoms with Gasteiger partial charge in [0.25, 0.3) is 0 Å². The largest absolute Gasteiger partial charge is 0.311 e. The lowest BCUT2D eigenvalue weighted by Crippen LogP contribution is -2.64. The molecule has 1 aliphatic heterocycles. The average molecular weight is 358 g/mol. The van der Waals surface area contributed by atoms with Crippen LogP contribution in [0.4, 0.5) is 0 Å². The Bertz CT molecular complexity index is 585. The number of fused-ring (bicyclic) bond motifs is 7. The molecule has 1 saturated heterocycles. The highest BCUT2D eigenvalue weighted by molar-refractivity contribution is 5.61. The van der Waals surface area contributed by atoms with E-state index in [4.69, 9.17) is 0 Å². The normalized spacial score (nSPS) is 55.2. The Morgan fingerprint density at radius 1 is 0.808 bits per heavy atom. The minimum atomic E-state index is 0.0891. The average Bonchev–Trinajstić information content (AvgIpc) is 3.05. The van der Waals surface area contributed by atoms with E-state index in [0.717, 1.165) is 35.5 Å². The number of nitrogens with one attached hydrogen (secondary N) is 1. The van der Waals surface area contributed by atoms with Crippen LogP contribution in [0.15, 0.2) is 0 Å². The maximum atomic E-state index is 12.0. The monoisotopic (exact) mass is 357 g/mol. The molecule has 2 heteroatoms. The van der Waals surface area contributed by atoms with Gasteiger partial charge in [-0.15, -0.1) is 0 Å². The van der Waals surface area contributed by atoms with Crippen LogP contribution in [0.3, 0.4) is 0 Å². The predicted molar refractivity (Wildman–Crippen MR) is 106 cm³/mol. The van der Waals surface area contributed by atoms with Crippen LogP contribution in [0.1, 0.15) is 85.0 Å². The standard InChI is InChI=1S/C24H39NO/c1-22(2)21-9-7-17-16-10-12-24(15-26)11-4-5-20(24)18(16)6-8-19(17)23(21,3)13-14-25-22/h15-21,25H,4-14H2,1-3H3/t16?,17?,18?,19?,20-,21?,23?,24?/m1/s1. The van der Waals surface area contributed by atoms with E-state index in [1.165, 1.54) is 77.0 Å². The highest BCUT2D eigenvalue weighted by Gasteiger charge is 2.61. The Balaban J connectivity index is 1.44. The molecule has 2 nitrogen and oxygen atoms in total. The summed E-state index contributed by atoms with van der Waals surface area (Å²) in [6.07, 6.45) is 14.9. The molecular weight excluding hydrogens is 318 g/mol. The van der Waals surface area contributed by atoms with E-state index in [1.54, 1.807) is 0 Å². The first-order valence-electron chi connectivity index (χ1n) is 11.6. The van der Waals surface area contributed by atoms with Gasteiger partial charge in [-0.3, -0.25) is 0 Å². The molecule has 1 heterocycles. The van der Waals surface area contributed by atoms with Crippen molar-refractivity contribution in [2.75, 3.05) is 6.54 Å². The molecule has 0 aromatic heterocycles. The van der Waals surface area contributed by atoms with Gasteiger partial charge < -0.3 is 10.1 Å². The van der Waals surface area contributed by atoms with Crippen LogP contribution in [-0.4, -0.2) is 18.4 Å². The van der Waals surface area contributed by atoms with Crippen LogP contribution in [-0.2, 0) is 4.79 Å². The lowest BCUT2D eigenvalue weighted by atomic mass is 9.43. The van der Waals surface area contributed by atoms with Crippen molar-refractivity contribution >= 4 is 6.29 Å². The molecule has 4 aliphatic carbocycles. The SMILES string of the molecule is CC1(C)NCCC2(C)C3CCC4C(CCC5(C=O)CCC[C@H]45)C3CCC12. The van der Waals surface area contributed by atoms with E-state index in [1.807, 2.05) is 0 Å². The summed E-state index contributed by atoms with van der Waals surface area (Å²) in [7, 11) is 0. The molecule has 0 bridgehead atoms. The van der Waals surface area contributed by atoms with Gasteiger partial charge >= 0.3 is 0 Å². The molecule has 0 aromatic rings. The van der Waals surface area contributed by atoms with Crippen LogP contribution in [0, 0.1) is 46.3 Å². The molecule has 26 heavy (non-hydrogen) atoms. The lowest BCUT2D eigenvalue weighted by Gasteiger charge is -2.64. The molecule has 4 saturated carbocycles. The van der Waals surface area contributed by atoms with Crippen molar-refractivity contribution in [3.63, 3.8) is 0 Å². The molecule has 5 fully saturated rings. The van der Waals surface area contributed by atoms with Crippen molar-refractivity contribution in [1.29, 1.82) is 0 Å². The molecule has 0 amide bonds. The van der Waals surface area contributed by atoms with Gasteiger partial charge in [-0.2, -0.15) is 0 Å². The number of hydrogen-bond acceptors (Lipinski definition) is 2. The summed E-state index contributed by atoms with van der Waals surface area (Å²) in [4.78, 5) is 12.0. The van der Waals surface area contributed by atoms with E-state index >= 15 is 0 Å². The molecule has 7 unspecified atom stereocenters. The summed E-state index contributed by atoms with van der Waals surface area (Å²) in [5.41, 5.74) is 0.933. The van der Waals surface area contributed by atoms with E-state index in [-0.39, 0.29) is 5.41 Å². The fourth-order valence-electron chi connectivity index (χ4n) is 9.56. The van der Waals surface area contributed by atoms with Crippen LogP contribution in [0.5, 0.6) is 0 Å². The highest BCUT2D eigenvalue weighted by atomic mass is 16.1. The van der Waals surface area contributed by atoms with Gasteiger partial charge in [0.1, 0.15) is 6.29 Å². The summed E-state index contributed by atoms with van der Waals surface area (Å²) < 4.78 is 0. The fourth-order valence-corrected chi connectivity index (χ4v) is 9.56. The zero-order chi connectivity index (χ0) is 18.2. The molecule has 146 valence electrons. The molecule has 5 rings (SSSR count). The number of rotatable bonds is 1. The van der Waals surface area contributed by atoms with Crippen LogP contribution >= 0.6 is 0 Å². The molecule has 0 spiro atoms. The van der Waals surface area contributed by atoms with Crippen LogP contribution in [0.25, 0.3) is 0 Å². The second-order valence-electron chi connectivity index (χ2n) is 11.6. The van der Waals surface area contributed by atoms with E-state index in [0.29, 0.717) is 11.0 Å². The Labute approximate surface area is 160 Å². The van der Waals surface area contributed by atoms with E-state index in [2.05, 4.69) is 26.1 Å². The van der Waals surface area contributed by atoms with Crippen molar-refractivity contribution in [3.05, 3.63) is 0 Å². The molecular formula is C24H39NO. The topological polar surface area (TPSA) is 29.1 Å². The predicted octanol–water partition coefficient (Wildman–Crippen LogP) is 5.21. The van der Waals surface area contributed by atoms with Crippen molar-refractivity contribution in [3.8, 4) is 0 Å². The second-order valence-corrected chi connectivity index (χ2v) is 11.6. The van der Waals surface area contributed by atoms with Gasteiger partial charge in [-0.05, 0) is 119 Å².